The van der Waals surface area contributed by atoms with Crippen LogP contribution >= 0.6 is 0 Å². The smallest absolute Gasteiger partial charge is 0.0433 e. The molecule has 0 saturated carbocycles. The van der Waals surface area contributed by atoms with Crippen LogP contribution in [0.2, 0.25) is 0 Å². The summed E-state index contributed by atoms with van der Waals surface area (Å²) in [6, 6.07) is 0. The zero-order valence-electron chi connectivity index (χ0n) is 34.9. The highest BCUT2D eigenvalue weighted by molar-refractivity contribution is 4.62. The number of hydrogen-bond acceptors (Lipinski definition) is 1. The van der Waals surface area contributed by atoms with Gasteiger partial charge in [0.15, 0.2) is 0 Å². The molecule has 0 bridgehead atoms. The quantitative estimate of drug-likeness (QED) is 0.0640. The average molecular weight is 679 g/mol. The lowest BCUT2D eigenvalue weighted by molar-refractivity contribution is 0.241. The monoisotopic (exact) mass is 679 g/mol. The Balaban J connectivity index is 0. The predicted molar refractivity (Wildman–Crippen MR) is 222 cm³/mol. The molecule has 1 heteroatoms. The number of aliphatic hydroxyl groups excluding tert-OH is 1. The Morgan fingerprint density at radius 1 is 0.229 bits per heavy atom. The summed E-state index contributed by atoms with van der Waals surface area (Å²) in [6.07, 6.45) is 55.7. The standard InChI is InChI=1S/C24H50.C23H48O/c1-4-7-9-11-12-13-14-15-16-18-20-23-24(21-6-3)22-19-17-10-8-5-2;1-3-5-7-9-10-11-12-13-14-16-18-20-23(21-22-24)19-17-15-8-6-4-2/h24H,4-23H2,1-3H3;23-24H,3-22H2,1-2H3/t24-;23-/m11/s1. The van der Waals surface area contributed by atoms with Crippen LogP contribution in [0.4, 0.5) is 0 Å². The lowest BCUT2D eigenvalue weighted by Gasteiger charge is -2.16. The van der Waals surface area contributed by atoms with Gasteiger partial charge in [0.25, 0.3) is 0 Å². The first-order valence-electron chi connectivity index (χ1n) is 23.3. The van der Waals surface area contributed by atoms with Gasteiger partial charge in [-0.3, -0.25) is 0 Å². The zero-order valence-corrected chi connectivity index (χ0v) is 34.9. The van der Waals surface area contributed by atoms with Crippen LogP contribution in [0, 0.1) is 11.8 Å². The highest BCUT2D eigenvalue weighted by Gasteiger charge is 2.09. The summed E-state index contributed by atoms with van der Waals surface area (Å²) >= 11 is 0. The third-order valence-corrected chi connectivity index (χ3v) is 11.1. The first kappa shape index (κ1) is 50.1. The van der Waals surface area contributed by atoms with Crippen molar-refractivity contribution in [3.8, 4) is 0 Å². The van der Waals surface area contributed by atoms with Crippen molar-refractivity contribution in [1.29, 1.82) is 0 Å². The van der Waals surface area contributed by atoms with Gasteiger partial charge in [-0.25, -0.2) is 0 Å². The highest BCUT2D eigenvalue weighted by atomic mass is 16.3. The number of aliphatic hydroxyl groups is 1. The van der Waals surface area contributed by atoms with Gasteiger partial charge in [0.1, 0.15) is 0 Å². The molecule has 0 aromatic heterocycles. The second-order valence-corrected chi connectivity index (χ2v) is 16.1. The van der Waals surface area contributed by atoms with E-state index in [1.807, 2.05) is 0 Å². The summed E-state index contributed by atoms with van der Waals surface area (Å²) in [4.78, 5) is 0. The van der Waals surface area contributed by atoms with E-state index < -0.39 is 0 Å². The fourth-order valence-electron chi connectivity index (χ4n) is 7.72. The van der Waals surface area contributed by atoms with Gasteiger partial charge in [-0.15, -0.1) is 0 Å². The van der Waals surface area contributed by atoms with Crippen molar-refractivity contribution in [3.63, 3.8) is 0 Å². The van der Waals surface area contributed by atoms with Crippen molar-refractivity contribution in [2.24, 2.45) is 11.8 Å². The average Bonchev–Trinajstić information content (AvgIpc) is 3.09. The third kappa shape index (κ3) is 44.0. The van der Waals surface area contributed by atoms with Crippen molar-refractivity contribution in [3.05, 3.63) is 0 Å². The van der Waals surface area contributed by atoms with Gasteiger partial charge < -0.3 is 5.11 Å². The van der Waals surface area contributed by atoms with E-state index >= 15 is 0 Å². The molecular formula is C47H98O. The Hall–Kier alpha value is -0.0400. The number of hydrogen-bond donors (Lipinski definition) is 1. The van der Waals surface area contributed by atoms with Crippen LogP contribution in [0.1, 0.15) is 285 Å². The Morgan fingerprint density at radius 3 is 0.646 bits per heavy atom. The van der Waals surface area contributed by atoms with E-state index in [1.165, 1.54) is 244 Å². The maximum Gasteiger partial charge on any atom is 0.0433 e. The van der Waals surface area contributed by atoms with Gasteiger partial charge in [0.2, 0.25) is 0 Å². The topological polar surface area (TPSA) is 20.2 Å². The lowest BCUT2D eigenvalue weighted by Crippen LogP contribution is -2.03. The summed E-state index contributed by atoms with van der Waals surface area (Å²) in [7, 11) is 0. The Labute approximate surface area is 307 Å². The minimum atomic E-state index is 0.387. The van der Waals surface area contributed by atoms with E-state index in [0.29, 0.717) is 6.61 Å². The second kappa shape index (κ2) is 47.0. The Bertz CT molecular complexity index is 469. The summed E-state index contributed by atoms with van der Waals surface area (Å²) < 4.78 is 0. The van der Waals surface area contributed by atoms with Crippen LogP contribution in [0.25, 0.3) is 0 Å². The molecule has 292 valence electrons. The summed E-state index contributed by atoms with van der Waals surface area (Å²) in [5.74, 6) is 1.82. The highest BCUT2D eigenvalue weighted by Crippen LogP contribution is 2.24. The molecule has 1 N–H and O–H groups in total. The van der Waals surface area contributed by atoms with Crippen molar-refractivity contribution in [1.82, 2.24) is 0 Å². The van der Waals surface area contributed by atoms with Gasteiger partial charge in [0, 0.05) is 6.61 Å². The van der Waals surface area contributed by atoms with Crippen molar-refractivity contribution >= 4 is 0 Å². The van der Waals surface area contributed by atoms with Crippen LogP contribution in [0.3, 0.4) is 0 Å². The van der Waals surface area contributed by atoms with Gasteiger partial charge >= 0.3 is 0 Å². The van der Waals surface area contributed by atoms with Gasteiger partial charge in [-0.05, 0) is 18.3 Å². The molecule has 0 unspecified atom stereocenters. The van der Waals surface area contributed by atoms with Crippen LogP contribution in [0.5, 0.6) is 0 Å². The second-order valence-electron chi connectivity index (χ2n) is 16.1. The molecule has 0 aromatic rings. The fraction of sp³-hybridized carbons (Fsp3) is 1.00. The minimum Gasteiger partial charge on any atom is -0.396 e. The molecule has 0 amide bonds. The van der Waals surface area contributed by atoms with E-state index in [-0.39, 0.29) is 0 Å². The van der Waals surface area contributed by atoms with Gasteiger partial charge in [0.05, 0.1) is 0 Å². The predicted octanol–water partition coefficient (Wildman–Crippen LogP) is 17.5. The number of unbranched alkanes of at least 4 members (excludes halogenated alkanes) is 28. The molecular weight excluding hydrogens is 581 g/mol. The van der Waals surface area contributed by atoms with Crippen LogP contribution in [0.15, 0.2) is 0 Å². The normalized spacial score (nSPS) is 12.6. The molecule has 48 heavy (non-hydrogen) atoms. The molecule has 0 aromatic carbocycles. The fourth-order valence-corrected chi connectivity index (χ4v) is 7.72. The van der Waals surface area contributed by atoms with Crippen LogP contribution in [-0.2, 0) is 0 Å². The maximum absolute atomic E-state index is 9.25. The van der Waals surface area contributed by atoms with E-state index in [1.54, 1.807) is 0 Å². The van der Waals surface area contributed by atoms with E-state index in [9.17, 15) is 5.11 Å². The third-order valence-electron chi connectivity index (χ3n) is 11.1. The molecule has 0 aliphatic carbocycles. The number of rotatable bonds is 40. The molecule has 0 radical (unpaired) electrons. The lowest BCUT2D eigenvalue weighted by atomic mass is 9.90. The molecule has 0 spiro atoms. The molecule has 0 heterocycles. The zero-order chi connectivity index (χ0) is 35.4. The molecule has 0 rings (SSSR count). The van der Waals surface area contributed by atoms with Crippen molar-refractivity contribution in [2.75, 3.05) is 6.61 Å². The maximum atomic E-state index is 9.25. The van der Waals surface area contributed by atoms with E-state index in [0.717, 1.165) is 18.3 Å². The van der Waals surface area contributed by atoms with Crippen molar-refractivity contribution in [2.45, 2.75) is 285 Å². The molecule has 1 nitrogen and oxygen atoms in total. The first-order valence-corrected chi connectivity index (χ1v) is 23.3. The molecule has 2 atom stereocenters. The van der Waals surface area contributed by atoms with E-state index in [2.05, 4.69) is 34.6 Å². The summed E-state index contributed by atoms with van der Waals surface area (Å²) in [5.41, 5.74) is 0. The Morgan fingerprint density at radius 2 is 0.438 bits per heavy atom. The van der Waals surface area contributed by atoms with Crippen LogP contribution in [-0.4, -0.2) is 11.7 Å². The van der Waals surface area contributed by atoms with Crippen LogP contribution < -0.4 is 0 Å². The Kier molecular flexibility index (Phi) is 49.0. The van der Waals surface area contributed by atoms with Crippen molar-refractivity contribution < 1.29 is 5.11 Å². The molecule has 0 fully saturated rings. The van der Waals surface area contributed by atoms with E-state index in [4.69, 9.17) is 0 Å². The molecule has 0 saturated heterocycles. The van der Waals surface area contributed by atoms with Gasteiger partial charge in [-0.1, -0.05) is 279 Å². The first-order chi connectivity index (χ1) is 23.7. The summed E-state index contributed by atoms with van der Waals surface area (Å²) in [6.45, 7) is 11.9. The summed E-state index contributed by atoms with van der Waals surface area (Å²) in [5, 5.41) is 9.25. The molecule has 0 aliphatic heterocycles. The largest absolute Gasteiger partial charge is 0.396 e. The minimum absolute atomic E-state index is 0.387. The SMILES string of the molecule is CCCCCCCCCCCCC[C@H](CCC)CCCCCCC.CCCCCCCCCCCCC[C@H](CCO)CCCCCCC. The van der Waals surface area contributed by atoms with Gasteiger partial charge in [-0.2, -0.15) is 0 Å². The molecule has 0 aliphatic rings.